The van der Waals surface area contributed by atoms with Gasteiger partial charge < -0.3 is 4.90 Å². The molecule has 2 aliphatic rings. The fourth-order valence-electron chi connectivity index (χ4n) is 2.76. The van der Waals surface area contributed by atoms with Gasteiger partial charge in [-0.25, -0.2) is 0 Å². The molecule has 0 spiro atoms. The predicted molar refractivity (Wildman–Crippen MR) is 77.0 cm³/mol. The van der Waals surface area contributed by atoms with Gasteiger partial charge in [0.15, 0.2) is 0 Å². The van der Waals surface area contributed by atoms with Crippen molar-refractivity contribution in [3.05, 3.63) is 59.2 Å². The lowest BCUT2D eigenvalue weighted by molar-refractivity contribution is -0.131. The second-order valence-corrected chi connectivity index (χ2v) is 5.46. The van der Waals surface area contributed by atoms with Crippen LogP contribution in [0.4, 0.5) is 0 Å². The van der Waals surface area contributed by atoms with Gasteiger partial charge in [-0.2, -0.15) is 0 Å². The van der Waals surface area contributed by atoms with Crippen molar-refractivity contribution in [2.75, 3.05) is 6.54 Å². The molecule has 1 saturated heterocycles. The lowest BCUT2D eigenvalue weighted by Crippen LogP contribution is -2.26. The van der Waals surface area contributed by atoms with E-state index in [0.717, 1.165) is 11.1 Å². The minimum absolute atomic E-state index is 0.113. The fourth-order valence-corrected chi connectivity index (χ4v) is 2.90. The van der Waals surface area contributed by atoms with Crippen LogP contribution in [0.15, 0.2) is 53.6 Å². The highest BCUT2D eigenvalue weighted by Gasteiger charge is 2.37. The Kier molecular flexibility index (Phi) is 3.45. The second kappa shape index (κ2) is 5.25. The van der Waals surface area contributed by atoms with E-state index in [1.165, 1.54) is 0 Å². The smallest absolute Gasteiger partial charge is 0.252 e. The molecule has 0 aromatic heterocycles. The zero-order valence-corrected chi connectivity index (χ0v) is 11.6. The highest BCUT2D eigenvalue weighted by Crippen LogP contribution is 2.33. The van der Waals surface area contributed by atoms with Crippen LogP contribution in [0.1, 0.15) is 12.0 Å². The molecule has 0 bridgehead atoms. The number of nitrogens with zero attached hydrogens (tertiary/aromatic N) is 1. The number of allylic oxidation sites excluding steroid dienone is 3. The van der Waals surface area contributed by atoms with Crippen molar-refractivity contribution in [3.8, 4) is 0 Å². The summed E-state index contributed by atoms with van der Waals surface area (Å²) < 4.78 is 0. The molecular formula is C16H14ClNO2. The van der Waals surface area contributed by atoms with E-state index in [4.69, 9.17) is 11.6 Å². The van der Waals surface area contributed by atoms with Crippen molar-refractivity contribution in [2.45, 2.75) is 13.0 Å². The highest BCUT2D eigenvalue weighted by molar-refractivity contribution is 6.68. The maximum absolute atomic E-state index is 12.4. The molecule has 0 radical (unpaired) electrons. The first kappa shape index (κ1) is 13.1. The van der Waals surface area contributed by atoms with Crippen LogP contribution in [0.2, 0.25) is 0 Å². The largest absolute Gasteiger partial charge is 0.334 e. The number of hydrogen-bond donors (Lipinski definition) is 0. The maximum atomic E-state index is 12.4. The average Bonchev–Trinajstić information content (AvgIpc) is 2.76. The summed E-state index contributed by atoms with van der Waals surface area (Å²) in [5, 5.41) is -0.454. The van der Waals surface area contributed by atoms with Crippen LogP contribution >= 0.6 is 11.6 Å². The van der Waals surface area contributed by atoms with Gasteiger partial charge in [-0.1, -0.05) is 36.4 Å². The van der Waals surface area contributed by atoms with Gasteiger partial charge in [0.1, 0.15) is 0 Å². The van der Waals surface area contributed by atoms with Gasteiger partial charge in [0, 0.05) is 18.7 Å². The van der Waals surface area contributed by atoms with Crippen molar-refractivity contribution < 1.29 is 9.59 Å². The third-order valence-corrected chi connectivity index (χ3v) is 4.01. The number of carbonyl (C=O) groups excluding carboxylic acids is 2. The molecule has 0 saturated carbocycles. The normalized spacial score (nSPS) is 21.4. The van der Waals surface area contributed by atoms with Crippen molar-refractivity contribution >= 4 is 22.8 Å². The topological polar surface area (TPSA) is 37.4 Å². The minimum atomic E-state index is -0.454. The van der Waals surface area contributed by atoms with E-state index in [1.54, 1.807) is 12.2 Å². The first-order chi connectivity index (χ1) is 9.65. The van der Waals surface area contributed by atoms with E-state index in [0.29, 0.717) is 25.1 Å². The Bertz CT molecular complexity index is 619. The molecule has 3 rings (SSSR count). The van der Waals surface area contributed by atoms with Crippen molar-refractivity contribution in [2.24, 2.45) is 5.92 Å². The highest BCUT2D eigenvalue weighted by atomic mass is 35.5. The summed E-state index contributed by atoms with van der Waals surface area (Å²) in [6.07, 6.45) is 4.10. The molecule has 1 aliphatic carbocycles. The quantitative estimate of drug-likeness (QED) is 0.802. The van der Waals surface area contributed by atoms with Gasteiger partial charge in [0.05, 0.1) is 5.92 Å². The van der Waals surface area contributed by atoms with Gasteiger partial charge in [0.25, 0.3) is 5.24 Å². The van der Waals surface area contributed by atoms with Crippen LogP contribution in [0.25, 0.3) is 0 Å². The minimum Gasteiger partial charge on any atom is -0.334 e. The summed E-state index contributed by atoms with van der Waals surface area (Å²) in [5.41, 5.74) is 2.62. The Morgan fingerprint density at radius 3 is 2.75 bits per heavy atom. The van der Waals surface area contributed by atoms with Crippen LogP contribution in [-0.2, 0) is 16.1 Å². The van der Waals surface area contributed by atoms with E-state index < -0.39 is 5.24 Å². The third kappa shape index (κ3) is 2.41. The lowest BCUT2D eigenvalue weighted by atomic mass is 9.91. The van der Waals surface area contributed by atoms with E-state index >= 15 is 0 Å². The van der Waals surface area contributed by atoms with Crippen LogP contribution in [0, 0.1) is 5.92 Å². The molecular weight excluding hydrogens is 274 g/mol. The SMILES string of the molecule is O=C(Cl)C1=CCC2C(=O)N(Cc3ccccc3)CC2=C1. The van der Waals surface area contributed by atoms with E-state index in [2.05, 4.69) is 0 Å². The summed E-state index contributed by atoms with van der Waals surface area (Å²) in [6.45, 7) is 1.19. The van der Waals surface area contributed by atoms with Crippen LogP contribution in [0.3, 0.4) is 0 Å². The molecule has 20 heavy (non-hydrogen) atoms. The van der Waals surface area contributed by atoms with Gasteiger partial charge in [-0.3, -0.25) is 9.59 Å². The molecule has 1 fully saturated rings. The van der Waals surface area contributed by atoms with Gasteiger partial charge in [-0.05, 0) is 35.2 Å². The lowest BCUT2D eigenvalue weighted by Gasteiger charge is -2.16. The molecule has 4 heteroatoms. The number of amides is 1. The number of hydrogen-bond acceptors (Lipinski definition) is 2. The van der Waals surface area contributed by atoms with E-state index in [-0.39, 0.29) is 11.8 Å². The number of carbonyl (C=O) groups is 2. The first-order valence-corrected chi connectivity index (χ1v) is 6.96. The molecule has 1 aromatic rings. The van der Waals surface area contributed by atoms with Crippen molar-refractivity contribution in [1.82, 2.24) is 4.90 Å². The van der Waals surface area contributed by atoms with Gasteiger partial charge >= 0.3 is 0 Å². The summed E-state index contributed by atoms with van der Waals surface area (Å²) >= 11 is 5.50. The predicted octanol–water partition coefficient (Wildman–Crippen LogP) is 2.67. The molecule has 102 valence electrons. The maximum Gasteiger partial charge on any atom is 0.252 e. The van der Waals surface area contributed by atoms with Crippen molar-refractivity contribution in [3.63, 3.8) is 0 Å². The standard InChI is InChI=1S/C16H14ClNO2/c17-15(19)12-6-7-14-13(8-12)10-18(16(14)20)9-11-4-2-1-3-5-11/h1-6,8,14H,7,9-10H2. The molecule has 1 atom stereocenters. The number of benzene rings is 1. The molecule has 3 nitrogen and oxygen atoms in total. The Labute approximate surface area is 122 Å². The van der Waals surface area contributed by atoms with Crippen molar-refractivity contribution in [1.29, 1.82) is 0 Å². The van der Waals surface area contributed by atoms with Gasteiger partial charge in [-0.15, -0.1) is 0 Å². The summed E-state index contributed by atoms with van der Waals surface area (Å²) in [4.78, 5) is 25.4. The average molecular weight is 288 g/mol. The Balaban J connectivity index is 1.77. The Hall–Kier alpha value is -1.87. The van der Waals surface area contributed by atoms with E-state index in [1.807, 2.05) is 35.2 Å². The summed E-state index contributed by atoms with van der Waals surface area (Å²) in [6, 6.07) is 9.91. The number of halogens is 1. The van der Waals surface area contributed by atoms with Crippen LogP contribution in [0.5, 0.6) is 0 Å². The second-order valence-electron chi connectivity index (χ2n) is 5.12. The monoisotopic (exact) mass is 287 g/mol. The van der Waals surface area contributed by atoms with Crippen LogP contribution in [-0.4, -0.2) is 22.6 Å². The Morgan fingerprint density at radius 1 is 1.30 bits per heavy atom. The first-order valence-electron chi connectivity index (χ1n) is 6.58. The number of fused-ring (bicyclic) bond motifs is 1. The zero-order chi connectivity index (χ0) is 14.1. The number of likely N-dealkylation sites (tertiary alicyclic amines) is 1. The molecule has 1 amide bonds. The van der Waals surface area contributed by atoms with Crippen LogP contribution < -0.4 is 0 Å². The summed E-state index contributed by atoms with van der Waals surface area (Å²) in [5.74, 6) is 0.0240. The third-order valence-electron chi connectivity index (χ3n) is 3.79. The summed E-state index contributed by atoms with van der Waals surface area (Å²) in [7, 11) is 0. The Morgan fingerprint density at radius 2 is 2.05 bits per heavy atom. The molecule has 1 unspecified atom stereocenters. The molecule has 1 aliphatic heterocycles. The number of rotatable bonds is 3. The fraction of sp³-hybridized carbons (Fsp3) is 0.250. The van der Waals surface area contributed by atoms with Gasteiger partial charge in [0.2, 0.25) is 5.91 Å². The molecule has 0 N–H and O–H groups in total. The van der Waals surface area contributed by atoms with E-state index in [9.17, 15) is 9.59 Å². The zero-order valence-electron chi connectivity index (χ0n) is 10.9. The molecule has 1 heterocycles. The molecule has 1 aromatic carbocycles.